The van der Waals surface area contributed by atoms with Crippen molar-refractivity contribution in [3.63, 3.8) is 0 Å². The number of hydrogen-bond donors (Lipinski definition) is 1. The highest BCUT2D eigenvalue weighted by Crippen LogP contribution is 2.36. The smallest absolute Gasteiger partial charge is 0.162 e. The summed E-state index contributed by atoms with van der Waals surface area (Å²) in [6.45, 7) is 0.522. The van der Waals surface area contributed by atoms with Gasteiger partial charge in [0.15, 0.2) is 11.5 Å². The van der Waals surface area contributed by atoms with Gasteiger partial charge in [0.1, 0.15) is 5.65 Å². The van der Waals surface area contributed by atoms with Gasteiger partial charge in [-0.1, -0.05) is 23.2 Å². The predicted molar refractivity (Wildman–Crippen MR) is 92.1 cm³/mol. The Balaban J connectivity index is 1.81. The second-order valence-electron chi connectivity index (χ2n) is 4.89. The Kier molecular flexibility index (Phi) is 4.50. The van der Waals surface area contributed by atoms with E-state index in [-0.39, 0.29) is 0 Å². The number of benzene rings is 1. The van der Waals surface area contributed by atoms with Gasteiger partial charge in [-0.05, 0) is 12.1 Å². The van der Waals surface area contributed by atoms with Crippen molar-refractivity contribution in [1.82, 2.24) is 9.38 Å². The molecular formula is C16H15Cl2N3O2. The largest absolute Gasteiger partial charge is 0.493 e. The molecule has 0 bridgehead atoms. The van der Waals surface area contributed by atoms with Crippen molar-refractivity contribution < 1.29 is 9.47 Å². The zero-order chi connectivity index (χ0) is 16.4. The maximum absolute atomic E-state index is 6.26. The van der Waals surface area contributed by atoms with E-state index in [4.69, 9.17) is 32.7 Å². The second-order valence-corrected chi connectivity index (χ2v) is 5.73. The van der Waals surface area contributed by atoms with Crippen LogP contribution in [0.5, 0.6) is 11.5 Å². The molecule has 0 amide bonds. The lowest BCUT2D eigenvalue weighted by Gasteiger charge is -2.12. The molecule has 23 heavy (non-hydrogen) atoms. The van der Waals surface area contributed by atoms with Crippen LogP contribution in [0.15, 0.2) is 36.7 Å². The Hall–Kier alpha value is -2.11. The molecule has 2 aromatic heterocycles. The Morgan fingerprint density at radius 3 is 2.57 bits per heavy atom. The molecule has 0 unspecified atom stereocenters. The van der Waals surface area contributed by atoms with Gasteiger partial charge in [0.05, 0.1) is 42.2 Å². The third kappa shape index (κ3) is 3.30. The SMILES string of the molecule is COc1cc(Cl)c(NCc2cn3cc(Cl)ccc3n2)cc1OC. The molecular weight excluding hydrogens is 337 g/mol. The molecule has 1 N–H and O–H groups in total. The summed E-state index contributed by atoms with van der Waals surface area (Å²) in [7, 11) is 3.16. The van der Waals surface area contributed by atoms with E-state index in [1.54, 1.807) is 26.4 Å². The summed E-state index contributed by atoms with van der Waals surface area (Å²) in [5.41, 5.74) is 2.46. The number of hydrogen-bond acceptors (Lipinski definition) is 4. The van der Waals surface area contributed by atoms with E-state index in [0.29, 0.717) is 28.1 Å². The number of methoxy groups -OCH3 is 2. The van der Waals surface area contributed by atoms with E-state index in [1.165, 1.54) is 0 Å². The summed E-state index contributed by atoms with van der Waals surface area (Å²) in [6, 6.07) is 7.20. The number of aromatic nitrogens is 2. The molecule has 0 saturated carbocycles. The number of nitrogens with zero attached hydrogens (tertiary/aromatic N) is 2. The fourth-order valence-electron chi connectivity index (χ4n) is 2.28. The van der Waals surface area contributed by atoms with Gasteiger partial charge in [0.25, 0.3) is 0 Å². The van der Waals surface area contributed by atoms with Crippen LogP contribution in [-0.4, -0.2) is 23.6 Å². The first-order valence-electron chi connectivity index (χ1n) is 6.89. The molecule has 3 rings (SSSR count). The van der Waals surface area contributed by atoms with E-state index < -0.39 is 0 Å². The highest BCUT2D eigenvalue weighted by Gasteiger charge is 2.10. The monoisotopic (exact) mass is 351 g/mol. The first-order valence-corrected chi connectivity index (χ1v) is 7.65. The molecule has 1 aromatic carbocycles. The molecule has 0 atom stereocenters. The van der Waals surface area contributed by atoms with Gasteiger partial charge < -0.3 is 19.2 Å². The summed E-state index contributed by atoms with van der Waals surface area (Å²) in [4.78, 5) is 4.52. The zero-order valence-electron chi connectivity index (χ0n) is 12.6. The summed E-state index contributed by atoms with van der Waals surface area (Å²) >= 11 is 12.2. The van der Waals surface area contributed by atoms with Crippen LogP contribution < -0.4 is 14.8 Å². The number of ether oxygens (including phenoxy) is 2. The van der Waals surface area contributed by atoms with Gasteiger partial charge in [-0.2, -0.15) is 0 Å². The number of halogens is 2. The summed E-state index contributed by atoms with van der Waals surface area (Å²) < 4.78 is 12.4. The molecule has 0 saturated heterocycles. The average Bonchev–Trinajstić information content (AvgIpc) is 2.95. The van der Waals surface area contributed by atoms with Crippen LogP contribution in [-0.2, 0) is 6.54 Å². The molecule has 0 fully saturated rings. The van der Waals surface area contributed by atoms with Crippen LogP contribution in [0.2, 0.25) is 10.0 Å². The average molecular weight is 352 g/mol. The van der Waals surface area contributed by atoms with Crippen LogP contribution >= 0.6 is 23.2 Å². The topological polar surface area (TPSA) is 47.8 Å². The molecule has 0 aliphatic heterocycles. The molecule has 0 radical (unpaired) electrons. The highest BCUT2D eigenvalue weighted by atomic mass is 35.5. The summed E-state index contributed by atoms with van der Waals surface area (Å²) in [6.07, 6.45) is 3.74. The Morgan fingerprint density at radius 2 is 1.83 bits per heavy atom. The summed E-state index contributed by atoms with van der Waals surface area (Å²) in [5, 5.41) is 4.47. The second kappa shape index (κ2) is 6.56. The number of rotatable bonds is 5. The van der Waals surface area contributed by atoms with Crippen molar-refractivity contribution in [2.45, 2.75) is 6.54 Å². The quantitative estimate of drug-likeness (QED) is 0.745. The number of anilines is 1. The van der Waals surface area contributed by atoms with Gasteiger partial charge in [0, 0.05) is 24.5 Å². The molecule has 7 heteroatoms. The fraction of sp³-hybridized carbons (Fsp3) is 0.188. The van der Waals surface area contributed by atoms with Crippen LogP contribution in [0.3, 0.4) is 0 Å². The predicted octanol–water partition coefficient (Wildman–Crippen LogP) is 4.27. The van der Waals surface area contributed by atoms with Crippen molar-refractivity contribution in [2.24, 2.45) is 0 Å². The first kappa shape index (κ1) is 15.8. The Labute approximate surface area is 143 Å². The van der Waals surface area contributed by atoms with Crippen LogP contribution in [0.1, 0.15) is 5.69 Å². The lowest BCUT2D eigenvalue weighted by atomic mass is 10.2. The van der Waals surface area contributed by atoms with Crippen molar-refractivity contribution >= 4 is 34.5 Å². The molecule has 0 aliphatic rings. The van der Waals surface area contributed by atoms with Gasteiger partial charge in [-0.25, -0.2) is 4.98 Å². The molecule has 0 aliphatic carbocycles. The Morgan fingerprint density at radius 1 is 1.09 bits per heavy atom. The van der Waals surface area contributed by atoms with Gasteiger partial charge >= 0.3 is 0 Å². The maximum atomic E-state index is 6.26. The van der Waals surface area contributed by atoms with Crippen LogP contribution in [0.25, 0.3) is 5.65 Å². The lowest BCUT2D eigenvalue weighted by Crippen LogP contribution is -2.01. The van der Waals surface area contributed by atoms with Gasteiger partial charge in [-0.3, -0.25) is 0 Å². The number of fused-ring (bicyclic) bond motifs is 1. The van der Waals surface area contributed by atoms with Gasteiger partial charge in [-0.15, -0.1) is 0 Å². The van der Waals surface area contributed by atoms with Crippen molar-refractivity contribution in [2.75, 3.05) is 19.5 Å². The summed E-state index contributed by atoms with van der Waals surface area (Å²) in [5.74, 6) is 1.20. The normalized spacial score (nSPS) is 10.8. The van der Waals surface area contributed by atoms with E-state index in [9.17, 15) is 0 Å². The number of nitrogens with one attached hydrogen (secondary N) is 1. The highest BCUT2D eigenvalue weighted by molar-refractivity contribution is 6.33. The van der Waals surface area contributed by atoms with E-state index >= 15 is 0 Å². The molecule has 2 heterocycles. The number of imidazole rings is 1. The van der Waals surface area contributed by atoms with E-state index in [0.717, 1.165) is 17.0 Å². The first-order chi connectivity index (χ1) is 11.1. The minimum atomic E-state index is 0.522. The van der Waals surface area contributed by atoms with Gasteiger partial charge in [0.2, 0.25) is 0 Å². The maximum Gasteiger partial charge on any atom is 0.162 e. The molecule has 3 aromatic rings. The number of pyridine rings is 1. The van der Waals surface area contributed by atoms with Crippen molar-refractivity contribution in [3.05, 3.63) is 52.4 Å². The fourth-order valence-corrected chi connectivity index (χ4v) is 2.67. The van der Waals surface area contributed by atoms with Crippen LogP contribution in [0.4, 0.5) is 5.69 Å². The van der Waals surface area contributed by atoms with E-state index in [2.05, 4.69) is 10.3 Å². The Bertz CT molecular complexity index is 849. The minimum Gasteiger partial charge on any atom is -0.493 e. The van der Waals surface area contributed by atoms with Crippen molar-refractivity contribution in [3.8, 4) is 11.5 Å². The lowest BCUT2D eigenvalue weighted by molar-refractivity contribution is 0.355. The standard InChI is InChI=1S/C16H15Cl2N3O2/c1-22-14-5-12(18)13(6-15(14)23-2)19-7-11-9-21-8-10(17)3-4-16(21)20-11/h3-6,8-9,19H,7H2,1-2H3. The zero-order valence-corrected chi connectivity index (χ0v) is 14.1. The third-order valence-electron chi connectivity index (χ3n) is 3.40. The van der Waals surface area contributed by atoms with Crippen LogP contribution in [0, 0.1) is 0 Å². The third-order valence-corrected chi connectivity index (χ3v) is 3.93. The molecule has 0 spiro atoms. The van der Waals surface area contributed by atoms with Crippen molar-refractivity contribution in [1.29, 1.82) is 0 Å². The molecule has 120 valence electrons. The minimum absolute atomic E-state index is 0.522. The van der Waals surface area contributed by atoms with E-state index in [1.807, 2.05) is 28.9 Å². The molecule has 5 nitrogen and oxygen atoms in total.